The van der Waals surface area contributed by atoms with E-state index < -0.39 is 11.7 Å². The van der Waals surface area contributed by atoms with Gasteiger partial charge in [0.1, 0.15) is 0 Å². The Morgan fingerprint density at radius 2 is 1.67 bits per heavy atom. The molecule has 0 bridgehead atoms. The minimum Gasteiger partial charge on any atom is -0.307 e. The number of alkyl halides is 3. The summed E-state index contributed by atoms with van der Waals surface area (Å²) in [6, 6.07) is 5.83. The molecule has 1 N–H and O–H groups in total. The summed E-state index contributed by atoms with van der Waals surface area (Å²) in [4.78, 5) is 0. The van der Waals surface area contributed by atoms with Crippen molar-refractivity contribution in [3.63, 3.8) is 0 Å². The number of rotatable bonds is 4. The Bertz CT molecular complexity index is 450. The lowest BCUT2D eigenvalue weighted by molar-refractivity contribution is -0.138. The van der Waals surface area contributed by atoms with Gasteiger partial charge in [0.05, 0.1) is 5.56 Å². The summed E-state index contributed by atoms with van der Waals surface area (Å²) in [6.07, 6.45) is 1.84. The zero-order valence-electron chi connectivity index (χ0n) is 12.7. The van der Waals surface area contributed by atoms with Crippen molar-refractivity contribution < 1.29 is 13.2 Å². The third-order valence-electron chi connectivity index (χ3n) is 4.60. The molecule has 2 atom stereocenters. The molecule has 0 aliphatic heterocycles. The third-order valence-corrected chi connectivity index (χ3v) is 4.60. The van der Waals surface area contributed by atoms with E-state index in [4.69, 9.17) is 0 Å². The largest absolute Gasteiger partial charge is 0.416 e. The second kappa shape index (κ2) is 6.82. The Kier molecular flexibility index (Phi) is 5.31. The van der Waals surface area contributed by atoms with E-state index in [1.165, 1.54) is 44.2 Å². The van der Waals surface area contributed by atoms with Crippen molar-refractivity contribution in [1.82, 2.24) is 5.32 Å². The minimum atomic E-state index is -4.29. The topological polar surface area (TPSA) is 12.0 Å². The Morgan fingerprint density at radius 3 is 2.29 bits per heavy atom. The third kappa shape index (κ3) is 4.22. The van der Waals surface area contributed by atoms with E-state index in [1.54, 1.807) is 12.1 Å². The van der Waals surface area contributed by atoms with Crippen LogP contribution in [0.3, 0.4) is 0 Å². The van der Waals surface area contributed by atoms with E-state index >= 15 is 0 Å². The Labute approximate surface area is 124 Å². The summed E-state index contributed by atoms with van der Waals surface area (Å²) in [7, 11) is 0. The van der Waals surface area contributed by atoms with Crippen molar-refractivity contribution in [3.8, 4) is 0 Å². The normalized spacial score (nSPS) is 20.2. The molecule has 118 valence electrons. The number of halogens is 3. The highest BCUT2D eigenvalue weighted by molar-refractivity contribution is 5.32. The monoisotopic (exact) mass is 299 g/mol. The van der Waals surface area contributed by atoms with Crippen molar-refractivity contribution >= 4 is 0 Å². The van der Waals surface area contributed by atoms with Gasteiger partial charge in [0.25, 0.3) is 0 Å². The first kappa shape index (κ1) is 16.3. The summed E-state index contributed by atoms with van der Waals surface area (Å²) in [5.74, 6) is 0.583. The summed E-state index contributed by atoms with van der Waals surface area (Å²) in [5.41, 5.74) is -0.187. The van der Waals surface area contributed by atoms with Gasteiger partial charge in [0, 0.05) is 12.1 Å². The number of nitrogens with one attached hydrogen (secondary N) is 1. The van der Waals surface area contributed by atoms with Crippen molar-refractivity contribution in [2.75, 3.05) is 0 Å². The molecule has 0 saturated heterocycles. The maximum absolute atomic E-state index is 13.1. The Balaban J connectivity index is 2.08. The highest BCUT2D eigenvalue weighted by atomic mass is 19.4. The molecular weight excluding hydrogens is 275 g/mol. The molecule has 1 aliphatic carbocycles. The van der Waals surface area contributed by atoms with Gasteiger partial charge >= 0.3 is 6.18 Å². The molecule has 4 heteroatoms. The van der Waals surface area contributed by atoms with Crippen LogP contribution in [0.4, 0.5) is 13.2 Å². The fourth-order valence-corrected chi connectivity index (χ4v) is 3.39. The molecule has 1 aromatic rings. The summed E-state index contributed by atoms with van der Waals surface area (Å²) < 4.78 is 39.2. The molecule has 0 spiro atoms. The summed E-state index contributed by atoms with van der Waals surface area (Å²) in [6.45, 7) is 3.92. The maximum Gasteiger partial charge on any atom is 0.416 e. The van der Waals surface area contributed by atoms with Crippen LogP contribution in [-0.2, 0) is 6.18 Å². The molecule has 21 heavy (non-hydrogen) atoms. The fraction of sp³-hybridized carbons (Fsp3) is 0.647. The Morgan fingerprint density at radius 1 is 1.05 bits per heavy atom. The number of hydrogen-bond donors (Lipinski definition) is 1. The first-order valence-corrected chi connectivity index (χ1v) is 7.81. The van der Waals surface area contributed by atoms with E-state index in [-0.39, 0.29) is 12.1 Å². The van der Waals surface area contributed by atoms with E-state index in [1.807, 2.05) is 6.92 Å². The van der Waals surface area contributed by atoms with Gasteiger partial charge in [-0.3, -0.25) is 0 Å². The maximum atomic E-state index is 13.1. The van der Waals surface area contributed by atoms with Crippen LogP contribution in [0.15, 0.2) is 24.3 Å². The van der Waals surface area contributed by atoms with E-state index in [9.17, 15) is 13.2 Å². The highest BCUT2D eigenvalue weighted by Crippen LogP contribution is 2.35. The predicted octanol–water partition coefficient (Wildman–Crippen LogP) is 5.32. The first-order chi connectivity index (χ1) is 9.89. The molecule has 1 nitrogen and oxygen atoms in total. The van der Waals surface area contributed by atoms with Crippen LogP contribution in [0.2, 0.25) is 0 Å². The lowest BCUT2D eigenvalue weighted by Crippen LogP contribution is -2.37. The van der Waals surface area contributed by atoms with Crippen LogP contribution in [0.5, 0.6) is 0 Å². The second-order valence-electron chi connectivity index (χ2n) is 6.16. The fourth-order valence-electron chi connectivity index (χ4n) is 3.39. The average molecular weight is 299 g/mol. The average Bonchev–Trinajstić information content (AvgIpc) is 2.47. The quantitative estimate of drug-likeness (QED) is 0.793. The molecule has 1 fully saturated rings. The Hall–Kier alpha value is -1.03. The van der Waals surface area contributed by atoms with Crippen molar-refractivity contribution in [1.29, 1.82) is 0 Å². The first-order valence-electron chi connectivity index (χ1n) is 7.81. The molecule has 1 aromatic carbocycles. The summed E-state index contributed by atoms with van der Waals surface area (Å²) in [5, 5.41) is 3.38. The minimum absolute atomic E-state index is 0.251. The molecular formula is C17H24F3N. The molecule has 0 radical (unpaired) electrons. The van der Waals surface area contributed by atoms with Crippen LogP contribution < -0.4 is 5.32 Å². The molecule has 0 amide bonds. The van der Waals surface area contributed by atoms with Gasteiger partial charge < -0.3 is 5.32 Å². The standard InChI is InChI=1S/C17H24F3N/c1-12(14-8-4-3-5-9-14)21-13(2)15-10-6-7-11-16(15)17(18,19)20/h6-7,10-14,21H,3-5,8-9H2,1-2H3/t12-,13?/m0/s1. The van der Waals surface area contributed by atoms with Crippen LogP contribution in [-0.4, -0.2) is 6.04 Å². The van der Waals surface area contributed by atoms with E-state index in [0.29, 0.717) is 11.5 Å². The lowest BCUT2D eigenvalue weighted by atomic mass is 9.84. The van der Waals surface area contributed by atoms with Gasteiger partial charge in [-0.15, -0.1) is 0 Å². The van der Waals surface area contributed by atoms with Crippen molar-refractivity contribution in [2.24, 2.45) is 5.92 Å². The van der Waals surface area contributed by atoms with Gasteiger partial charge in [0.15, 0.2) is 0 Å². The predicted molar refractivity (Wildman–Crippen MR) is 79.0 cm³/mol. The molecule has 0 heterocycles. The number of hydrogen-bond acceptors (Lipinski definition) is 1. The van der Waals surface area contributed by atoms with Crippen LogP contribution in [0.25, 0.3) is 0 Å². The van der Waals surface area contributed by atoms with Gasteiger partial charge in [-0.25, -0.2) is 0 Å². The molecule has 1 saturated carbocycles. The van der Waals surface area contributed by atoms with Crippen LogP contribution in [0.1, 0.15) is 63.1 Å². The van der Waals surface area contributed by atoms with Gasteiger partial charge in [0.2, 0.25) is 0 Å². The SMILES string of the molecule is CC(N[C@@H](C)C1CCCCC1)c1ccccc1C(F)(F)F. The second-order valence-corrected chi connectivity index (χ2v) is 6.16. The van der Waals surface area contributed by atoms with Crippen molar-refractivity contribution in [2.45, 2.75) is 64.2 Å². The lowest BCUT2D eigenvalue weighted by Gasteiger charge is -2.31. The van der Waals surface area contributed by atoms with Crippen molar-refractivity contribution in [3.05, 3.63) is 35.4 Å². The highest BCUT2D eigenvalue weighted by Gasteiger charge is 2.34. The van der Waals surface area contributed by atoms with Gasteiger partial charge in [-0.1, -0.05) is 37.5 Å². The van der Waals surface area contributed by atoms with Gasteiger partial charge in [-0.05, 0) is 44.2 Å². The zero-order valence-corrected chi connectivity index (χ0v) is 12.7. The van der Waals surface area contributed by atoms with Crippen LogP contribution in [0, 0.1) is 5.92 Å². The molecule has 1 aliphatic rings. The molecule has 2 rings (SSSR count). The smallest absolute Gasteiger partial charge is 0.307 e. The van der Waals surface area contributed by atoms with E-state index in [0.717, 1.165) is 0 Å². The van der Waals surface area contributed by atoms with Gasteiger partial charge in [-0.2, -0.15) is 13.2 Å². The number of benzene rings is 1. The van der Waals surface area contributed by atoms with Crippen LogP contribution >= 0.6 is 0 Å². The zero-order chi connectivity index (χ0) is 15.5. The summed E-state index contributed by atoms with van der Waals surface area (Å²) >= 11 is 0. The van der Waals surface area contributed by atoms with E-state index in [2.05, 4.69) is 12.2 Å². The molecule has 0 aromatic heterocycles. The molecule has 1 unspecified atom stereocenters.